The highest BCUT2D eigenvalue weighted by Crippen LogP contribution is 2.39. The van der Waals surface area contributed by atoms with Gasteiger partial charge in [-0.25, -0.2) is 35.1 Å². The molecule has 0 N–H and O–H groups in total. The predicted octanol–water partition coefficient (Wildman–Crippen LogP) is 6.13. The highest BCUT2D eigenvalue weighted by Gasteiger charge is 2.28. The third-order valence-corrected chi connectivity index (χ3v) is 3.70. The molecule has 0 radical (unpaired) electrons. The van der Waals surface area contributed by atoms with Crippen LogP contribution in [-0.2, 0) is 0 Å². The van der Waals surface area contributed by atoms with Crippen molar-refractivity contribution in [3.63, 3.8) is 0 Å². The minimum absolute atomic E-state index is 0.579. The summed E-state index contributed by atoms with van der Waals surface area (Å²) >= 11 is 0. The third kappa shape index (κ3) is 2.71. The summed E-state index contributed by atoms with van der Waals surface area (Å²) in [7, 11) is 0. The molecule has 3 rings (SSSR count). The Morgan fingerprint density at radius 3 is 1.65 bits per heavy atom. The van der Waals surface area contributed by atoms with E-state index in [1.54, 1.807) is 0 Å². The number of hydrogen-bond acceptors (Lipinski definition) is 0. The van der Waals surface area contributed by atoms with Crippen LogP contribution in [-0.4, -0.2) is 0 Å². The van der Waals surface area contributed by atoms with Crippen molar-refractivity contribution in [3.05, 3.63) is 82.9 Å². The van der Waals surface area contributed by atoms with Crippen molar-refractivity contribution in [2.24, 2.45) is 0 Å². The van der Waals surface area contributed by atoms with Gasteiger partial charge in [0, 0.05) is 5.56 Å². The van der Waals surface area contributed by atoms with Gasteiger partial charge in [-0.3, -0.25) is 0 Å². The zero-order chi connectivity index (χ0) is 19.2. The largest absolute Gasteiger partial charge is 0.207 e. The zero-order valence-corrected chi connectivity index (χ0v) is 12.5. The van der Waals surface area contributed by atoms with Crippen LogP contribution in [0.3, 0.4) is 0 Å². The average Bonchev–Trinajstić information content (AvgIpc) is 2.62. The van der Waals surface area contributed by atoms with Gasteiger partial charge >= 0.3 is 0 Å². The van der Waals surface area contributed by atoms with Crippen molar-refractivity contribution in [3.8, 4) is 22.3 Å². The molecule has 26 heavy (non-hydrogen) atoms. The van der Waals surface area contributed by atoms with E-state index >= 15 is 0 Å². The Hall–Kier alpha value is -2.90. The van der Waals surface area contributed by atoms with Gasteiger partial charge in [-0.05, 0) is 29.3 Å². The summed E-state index contributed by atoms with van der Waals surface area (Å²) in [6.45, 7) is 0. The van der Waals surface area contributed by atoms with Crippen LogP contribution in [0.4, 0.5) is 35.1 Å². The van der Waals surface area contributed by atoms with Crippen LogP contribution in [0.5, 0.6) is 0 Å². The van der Waals surface area contributed by atoms with Gasteiger partial charge in [0.05, 0.1) is 5.56 Å². The van der Waals surface area contributed by atoms with E-state index in [0.29, 0.717) is 18.2 Å². The molecule has 0 nitrogen and oxygen atoms in total. The SMILES string of the molecule is Fc1ccc(-c2c(F)c(F)c(F)c(F)c2F)c(-c2cccc(F)c2F)c1. The van der Waals surface area contributed by atoms with Gasteiger partial charge in [0.15, 0.2) is 34.9 Å². The number of halogens is 8. The molecule has 0 spiro atoms. The van der Waals surface area contributed by atoms with E-state index < -0.39 is 68.8 Å². The van der Waals surface area contributed by atoms with E-state index in [1.807, 2.05) is 0 Å². The summed E-state index contributed by atoms with van der Waals surface area (Å²) in [5, 5.41) is 0. The Balaban J connectivity index is 2.41. The van der Waals surface area contributed by atoms with Crippen LogP contribution >= 0.6 is 0 Å². The maximum absolute atomic E-state index is 14.1. The summed E-state index contributed by atoms with van der Waals surface area (Å²) in [4.78, 5) is 0. The van der Waals surface area contributed by atoms with E-state index in [-0.39, 0.29) is 0 Å². The maximum Gasteiger partial charge on any atom is 0.200 e. The lowest BCUT2D eigenvalue weighted by atomic mass is 9.93. The second kappa shape index (κ2) is 6.44. The molecule has 0 aliphatic carbocycles. The van der Waals surface area contributed by atoms with E-state index in [4.69, 9.17) is 0 Å². The maximum atomic E-state index is 14.1. The first-order valence-corrected chi connectivity index (χ1v) is 6.99. The van der Waals surface area contributed by atoms with E-state index in [9.17, 15) is 35.1 Å². The van der Waals surface area contributed by atoms with Crippen LogP contribution in [0.1, 0.15) is 0 Å². The molecule has 0 saturated carbocycles. The van der Waals surface area contributed by atoms with Gasteiger partial charge in [0.2, 0.25) is 5.82 Å². The molecule has 134 valence electrons. The Morgan fingerprint density at radius 1 is 0.462 bits per heavy atom. The summed E-state index contributed by atoms with van der Waals surface area (Å²) in [5.41, 5.74) is -3.25. The normalized spacial score (nSPS) is 11.1. The van der Waals surface area contributed by atoms with E-state index in [0.717, 1.165) is 18.2 Å². The topological polar surface area (TPSA) is 0 Å². The van der Waals surface area contributed by atoms with E-state index in [2.05, 4.69) is 0 Å². The molecule has 0 amide bonds. The molecule has 0 bridgehead atoms. The third-order valence-electron chi connectivity index (χ3n) is 3.70. The van der Waals surface area contributed by atoms with Crippen LogP contribution in [0, 0.1) is 46.5 Å². The van der Waals surface area contributed by atoms with Gasteiger partial charge in [0.25, 0.3) is 0 Å². The molecule has 0 fully saturated rings. The summed E-state index contributed by atoms with van der Waals surface area (Å²) < 4.78 is 109. The van der Waals surface area contributed by atoms with Gasteiger partial charge in [0.1, 0.15) is 5.82 Å². The fourth-order valence-corrected chi connectivity index (χ4v) is 2.51. The fraction of sp³-hybridized carbons (Fsp3) is 0. The van der Waals surface area contributed by atoms with Gasteiger partial charge in [-0.15, -0.1) is 0 Å². The van der Waals surface area contributed by atoms with Gasteiger partial charge in [-0.1, -0.05) is 18.2 Å². The smallest absolute Gasteiger partial charge is 0.200 e. The molecule has 0 aliphatic rings. The monoisotopic (exact) mass is 374 g/mol. The zero-order valence-electron chi connectivity index (χ0n) is 12.5. The molecule has 3 aromatic rings. The van der Waals surface area contributed by atoms with Crippen molar-refractivity contribution in [2.75, 3.05) is 0 Å². The number of benzene rings is 3. The summed E-state index contributed by atoms with van der Waals surface area (Å²) in [6, 6.07) is 4.77. The highest BCUT2D eigenvalue weighted by atomic mass is 19.2. The first-order valence-electron chi connectivity index (χ1n) is 6.99. The van der Waals surface area contributed by atoms with Crippen molar-refractivity contribution >= 4 is 0 Å². The summed E-state index contributed by atoms with van der Waals surface area (Å²) in [6.07, 6.45) is 0. The van der Waals surface area contributed by atoms with Gasteiger partial charge in [-0.2, -0.15) is 0 Å². The summed E-state index contributed by atoms with van der Waals surface area (Å²) in [5.74, 6) is -14.9. The Bertz CT molecular complexity index is 997. The molecule has 0 aliphatic heterocycles. The van der Waals surface area contributed by atoms with Crippen molar-refractivity contribution in [1.82, 2.24) is 0 Å². The molecule has 8 heteroatoms. The molecule has 0 unspecified atom stereocenters. The number of rotatable bonds is 2. The molecule has 0 heterocycles. The Morgan fingerprint density at radius 2 is 1.04 bits per heavy atom. The Labute approximate surface area is 141 Å². The standard InChI is InChI=1S/C18H6F8/c19-7-4-5-8(10(6-7)9-2-1-3-11(20)13(9)21)12-14(22)16(24)18(26)17(25)15(12)23/h1-6H. The first kappa shape index (κ1) is 17.9. The van der Waals surface area contributed by atoms with Crippen molar-refractivity contribution < 1.29 is 35.1 Å². The number of hydrogen-bond donors (Lipinski definition) is 0. The van der Waals surface area contributed by atoms with Crippen LogP contribution < -0.4 is 0 Å². The first-order chi connectivity index (χ1) is 12.2. The lowest BCUT2D eigenvalue weighted by Gasteiger charge is -2.14. The molecule has 0 saturated heterocycles. The van der Waals surface area contributed by atoms with Crippen LogP contribution in [0.2, 0.25) is 0 Å². The second-order valence-electron chi connectivity index (χ2n) is 5.24. The molecule has 0 atom stereocenters. The van der Waals surface area contributed by atoms with Crippen molar-refractivity contribution in [2.45, 2.75) is 0 Å². The minimum atomic E-state index is -2.37. The lowest BCUT2D eigenvalue weighted by Crippen LogP contribution is -2.05. The Kier molecular flexibility index (Phi) is 4.43. The molecule has 3 aromatic carbocycles. The minimum Gasteiger partial charge on any atom is -0.207 e. The van der Waals surface area contributed by atoms with E-state index in [1.165, 1.54) is 0 Å². The fourth-order valence-electron chi connectivity index (χ4n) is 2.51. The van der Waals surface area contributed by atoms with Gasteiger partial charge < -0.3 is 0 Å². The molecular formula is C18H6F8. The van der Waals surface area contributed by atoms with Crippen molar-refractivity contribution in [1.29, 1.82) is 0 Å². The highest BCUT2D eigenvalue weighted by molar-refractivity contribution is 5.84. The predicted molar refractivity (Wildman–Crippen MR) is 77.0 cm³/mol. The van der Waals surface area contributed by atoms with Crippen LogP contribution in [0.25, 0.3) is 22.3 Å². The second-order valence-corrected chi connectivity index (χ2v) is 5.24. The lowest BCUT2D eigenvalue weighted by molar-refractivity contribution is 0.381. The quantitative estimate of drug-likeness (QED) is 0.287. The molecule has 0 aromatic heterocycles. The average molecular weight is 374 g/mol. The molecular weight excluding hydrogens is 368 g/mol. The van der Waals surface area contributed by atoms with Crippen LogP contribution in [0.15, 0.2) is 36.4 Å².